The molecule has 0 aliphatic carbocycles. The molecule has 1 aliphatic heterocycles. The second-order valence-corrected chi connectivity index (χ2v) is 6.62. The first-order valence-electron chi connectivity index (χ1n) is 10.4. The summed E-state index contributed by atoms with van der Waals surface area (Å²) < 4.78 is 33.7. The third-order valence-electron chi connectivity index (χ3n) is 4.45. The lowest BCUT2D eigenvalue weighted by Gasteiger charge is -2.14. The van der Waals surface area contributed by atoms with E-state index in [4.69, 9.17) is 28.4 Å². The third kappa shape index (κ3) is 7.79. The fourth-order valence-electron chi connectivity index (χ4n) is 2.95. The highest BCUT2D eigenvalue weighted by Gasteiger charge is 2.18. The zero-order chi connectivity index (χ0) is 21.6. The molecule has 1 aliphatic rings. The summed E-state index contributed by atoms with van der Waals surface area (Å²) in [6, 6.07) is 14.9. The van der Waals surface area contributed by atoms with Gasteiger partial charge in [-0.05, 0) is 30.3 Å². The quantitative estimate of drug-likeness (QED) is 0.415. The Morgan fingerprint density at radius 2 is 1.10 bits per heavy atom. The van der Waals surface area contributed by atoms with E-state index in [-0.39, 0.29) is 0 Å². The molecule has 1 heterocycles. The summed E-state index contributed by atoms with van der Waals surface area (Å²) in [6.07, 6.45) is 0. The zero-order valence-corrected chi connectivity index (χ0v) is 17.5. The number of nitrogens with zero attached hydrogens (tertiary/aromatic N) is 2. The lowest BCUT2D eigenvalue weighted by Crippen LogP contribution is -2.16. The average molecular weight is 428 g/mol. The van der Waals surface area contributed by atoms with Crippen LogP contribution in [0.5, 0.6) is 11.5 Å². The molecule has 0 bridgehead atoms. The summed E-state index contributed by atoms with van der Waals surface area (Å²) in [6.45, 7) is 4.57. The maximum Gasteiger partial charge on any atom is 0.329 e. The van der Waals surface area contributed by atoms with Crippen LogP contribution in [0.4, 0.5) is 0 Å². The van der Waals surface area contributed by atoms with Crippen LogP contribution in [-0.2, 0) is 18.9 Å². The Labute approximate surface area is 182 Å². The molecule has 0 unspecified atom stereocenters. The van der Waals surface area contributed by atoms with Crippen molar-refractivity contribution in [3.05, 3.63) is 65.2 Å². The van der Waals surface area contributed by atoms with Gasteiger partial charge in [0.25, 0.3) is 0 Å². The van der Waals surface area contributed by atoms with Crippen LogP contribution in [0.2, 0.25) is 0 Å². The van der Waals surface area contributed by atoms with Gasteiger partial charge in [-0.2, -0.15) is 4.79 Å². The van der Waals surface area contributed by atoms with Crippen molar-refractivity contribution in [2.24, 2.45) is 0 Å². The van der Waals surface area contributed by atoms with Gasteiger partial charge in [0, 0.05) is 0 Å². The summed E-state index contributed by atoms with van der Waals surface area (Å²) in [5, 5.41) is 0. The molecule has 0 N–H and O–H groups in total. The van der Waals surface area contributed by atoms with Crippen molar-refractivity contribution in [3.8, 4) is 11.5 Å². The van der Waals surface area contributed by atoms with Gasteiger partial charge in [-0.1, -0.05) is 18.2 Å². The van der Waals surface area contributed by atoms with Gasteiger partial charge in [0.15, 0.2) is 11.5 Å². The van der Waals surface area contributed by atoms with Crippen molar-refractivity contribution in [2.45, 2.75) is 0 Å². The van der Waals surface area contributed by atoms with Gasteiger partial charge in [-0.15, -0.1) is 0 Å². The standard InChI is InChI=1S/C23H28N2O6/c24-25-23(19-4-2-1-3-5-19)20-6-7-21-22(18-20)31-17-15-29-13-11-27-9-8-26-10-12-28-14-16-30-21/h1-7,18H,8-17H2. The molecule has 2 aromatic rings. The monoisotopic (exact) mass is 428 g/mol. The van der Waals surface area contributed by atoms with E-state index in [1.807, 2.05) is 36.4 Å². The highest BCUT2D eigenvalue weighted by atomic mass is 16.6. The van der Waals surface area contributed by atoms with Crippen molar-refractivity contribution in [2.75, 3.05) is 66.1 Å². The molecule has 0 amide bonds. The van der Waals surface area contributed by atoms with E-state index in [1.54, 1.807) is 12.1 Å². The van der Waals surface area contributed by atoms with E-state index in [0.29, 0.717) is 88.8 Å². The molecule has 166 valence electrons. The number of ether oxygens (including phenoxy) is 6. The SMILES string of the molecule is [N-]=[N+]=C(c1ccccc1)c1ccc2c(c1)OCCOCCOCCOCCOCCO2. The van der Waals surface area contributed by atoms with E-state index in [1.165, 1.54) is 0 Å². The molecule has 0 saturated carbocycles. The predicted molar refractivity (Wildman–Crippen MR) is 114 cm³/mol. The van der Waals surface area contributed by atoms with Gasteiger partial charge < -0.3 is 34.0 Å². The molecule has 2 aromatic carbocycles. The third-order valence-corrected chi connectivity index (χ3v) is 4.45. The summed E-state index contributed by atoms with van der Waals surface area (Å²) in [7, 11) is 0. The average Bonchev–Trinajstić information content (AvgIpc) is 2.80. The minimum atomic E-state index is 0.344. The van der Waals surface area contributed by atoms with Crippen LogP contribution in [-0.4, -0.2) is 76.6 Å². The zero-order valence-electron chi connectivity index (χ0n) is 17.5. The first-order valence-corrected chi connectivity index (χ1v) is 10.4. The molecule has 0 spiro atoms. The van der Waals surface area contributed by atoms with E-state index in [9.17, 15) is 5.53 Å². The predicted octanol–water partition coefficient (Wildman–Crippen LogP) is 2.59. The molecule has 0 atom stereocenters. The minimum Gasteiger partial charge on any atom is -0.487 e. The summed E-state index contributed by atoms with van der Waals surface area (Å²) in [5.74, 6) is 1.12. The number of hydrogen-bond donors (Lipinski definition) is 0. The number of hydrogen-bond acceptors (Lipinski definition) is 6. The summed E-state index contributed by atoms with van der Waals surface area (Å²) in [5.41, 5.74) is 11.5. The van der Waals surface area contributed by atoms with Crippen molar-refractivity contribution in [3.63, 3.8) is 0 Å². The summed E-state index contributed by atoms with van der Waals surface area (Å²) in [4.78, 5) is 3.49. The first kappa shape index (κ1) is 22.9. The maximum absolute atomic E-state index is 9.60. The minimum absolute atomic E-state index is 0.344. The van der Waals surface area contributed by atoms with Gasteiger partial charge in [0.05, 0.1) is 64.0 Å². The maximum atomic E-state index is 9.60. The first-order chi connectivity index (χ1) is 15.4. The van der Waals surface area contributed by atoms with Crippen LogP contribution in [0.15, 0.2) is 48.5 Å². The van der Waals surface area contributed by atoms with Crippen LogP contribution in [0.25, 0.3) is 5.53 Å². The largest absolute Gasteiger partial charge is 0.487 e. The van der Waals surface area contributed by atoms with Gasteiger partial charge in [0.1, 0.15) is 13.2 Å². The van der Waals surface area contributed by atoms with Gasteiger partial charge in [-0.25, -0.2) is 0 Å². The highest BCUT2D eigenvalue weighted by Crippen LogP contribution is 2.29. The number of rotatable bonds is 2. The van der Waals surface area contributed by atoms with Crippen molar-refractivity contribution in [1.29, 1.82) is 0 Å². The van der Waals surface area contributed by atoms with Gasteiger partial charge in [-0.3, -0.25) is 0 Å². The normalized spacial score (nSPS) is 17.0. The lowest BCUT2D eigenvalue weighted by atomic mass is 10.0. The van der Waals surface area contributed by atoms with Crippen molar-refractivity contribution < 1.29 is 33.2 Å². The fourth-order valence-corrected chi connectivity index (χ4v) is 2.95. The smallest absolute Gasteiger partial charge is 0.329 e. The topological polar surface area (TPSA) is 91.8 Å². The molecule has 8 heteroatoms. The van der Waals surface area contributed by atoms with Crippen LogP contribution in [0.3, 0.4) is 0 Å². The highest BCUT2D eigenvalue weighted by molar-refractivity contribution is 6.09. The van der Waals surface area contributed by atoms with Gasteiger partial charge >= 0.3 is 5.71 Å². The Bertz CT molecular complexity index is 839. The van der Waals surface area contributed by atoms with Crippen LogP contribution in [0, 0.1) is 0 Å². The summed E-state index contributed by atoms with van der Waals surface area (Å²) >= 11 is 0. The molecular weight excluding hydrogens is 400 g/mol. The van der Waals surface area contributed by atoms with Crippen LogP contribution < -0.4 is 9.47 Å². The molecule has 31 heavy (non-hydrogen) atoms. The Morgan fingerprint density at radius 3 is 1.65 bits per heavy atom. The molecule has 0 saturated heterocycles. The number of benzene rings is 2. The van der Waals surface area contributed by atoms with E-state index >= 15 is 0 Å². The Hall–Kier alpha value is -2.74. The molecule has 0 radical (unpaired) electrons. The Morgan fingerprint density at radius 1 is 0.581 bits per heavy atom. The van der Waals surface area contributed by atoms with E-state index in [2.05, 4.69) is 4.79 Å². The van der Waals surface area contributed by atoms with Crippen LogP contribution in [0.1, 0.15) is 11.1 Å². The van der Waals surface area contributed by atoms with E-state index < -0.39 is 0 Å². The van der Waals surface area contributed by atoms with E-state index in [0.717, 1.165) is 5.56 Å². The molecule has 0 aromatic heterocycles. The second kappa shape index (κ2) is 13.5. The van der Waals surface area contributed by atoms with Crippen LogP contribution >= 0.6 is 0 Å². The number of fused-ring (bicyclic) bond motifs is 1. The fraction of sp³-hybridized carbons (Fsp3) is 0.435. The van der Waals surface area contributed by atoms with Crippen molar-refractivity contribution in [1.82, 2.24) is 0 Å². The van der Waals surface area contributed by atoms with Crippen molar-refractivity contribution >= 4 is 5.71 Å². The molecule has 0 fully saturated rings. The van der Waals surface area contributed by atoms with Gasteiger partial charge in [0.2, 0.25) is 0 Å². The molecule has 8 nitrogen and oxygen atoms in total. The Balaban J connectivity index is 1.71. The lowest BCUT2D eigenvalue weighted by molar-refractivity contribution is -0.00846. The second-order valence-electron chi connectivity index (χ2n) is 6.62. The molecular formula is C23H28N2O6. The Kier molecular flexibility index (Phi) is 10.0. The molecule has 3 rings (SSSR count).